The third-order valence-electron chi connectivity index (χ3n) is 14.9. The average molecular weight is 906 g/mol. The number of rotatable bonds is 11. The van der Waals surface area contributed by atoms with Crippen molar-refractivity contribution in [2.75, 3.05) is 26.3 Å². The first kappa shape index (κ1) is 47.0. The smallest absolute Gasteiger partial charge is 0.408 e. The fraction of sp³-hybridized carbons (Fsp3) is 0.646. The quantitative estimate of drug-likeness (QED) is 0.143. The summed E-state index contributed by atoms with van der Waals surface area (Å²) in [6.07, 6.45) is -5.90. The second kappa shape index (κ2) is 17.3. The Kier molecular flexibility index (Phi) is 12.5. The van der Waals surface area contributed by atoms with Gasteiger partial charge in [0.25, 0.3) is 0 Å². The van der Waals surface area contributed by atoms with Gasteiger partial charge in [-0.05, 0) is 82.4 Å². The Balaban J connectivity index is 1.26. The third-order valence-corrected chi connectivity index (χ3v) is 14.9. The Bertz CT molecular complexity index is 2160. The number of hydrogen-bond donors (Lipinski definition) is 4. The minimum atomic E-state index is -2.10. The Morgan fingerprint density at radius 1 is 1.02 bits per heavy atom. The van der Waals surface area contributed by atoms with Crippen LogP contribution in [0.4, 0.5) is 4.79 Å². The molecule has 1 aromatic heterocycles. The van der Waals surface area contributed by atoms with Gasteiger partial charge in [0.15, 0.2) is 18.0 Å². The maximum atomic E-state index is 14.5. The molecule has 354 valence electrons. The molecule has 1 aromatic carbocycles. The number of hydrogen-bond acceptors (Lipinski definition) is 16. The van der Waals surface area contributed by atoms with E-state index in [4.69, 9.17) is 33.2 Å². The molecule has 3 aliphatic heterocycles. The van der Waals surface area contributed by atoms with Crippen molar-refractivity contribution in [2.45, 2.75) is 153 Å². The highest BCUT2D eigenvalue weighted by Crippen LogP contribution is 2.66. The van der Waals surface area contributed by atoms with E-state index in [9.17, 15) is 34.5 Å². The molecule has 3 aliphatic carbocycles. The number of aliphatic hydroxyl groups is 3. The number of ether oxygens (including phenoxy) is 7. The van der Waals surface area contributed by atoms with E-state index in [1.54, 1.807) is 70.2 Å². The number of alkyl carbamates (subject to hydrolysis) is 1. The van der Waals surface area contributed by atoms with Gasteiger partial charge in [-0.2, -0.15) is 0 Å². The first-order valence-corrected chi connectivity index (χ1v) is 22.6. The van der Waals surface area contributed by atoms with Gasteiger partial charge < -0.3 is 53.8 Å². The van der Waals surface area contributed by atoms with Gasteiger partial charge in [0.2, 0.25) is 0 Å². The second-order valence-corrected chi connectivity index (χ2v) is 20.3. The van der Waals surface area contributed by atoms with Crippen molar-refractivity contribution in [1.29, 1.82) is 0 Å². The standard InChI is InChI=1S/C48H63N3O14/c1-26-31(60-42(56)36(54)35(30-16-12-13-20-49-30)50-43(57)65-44(3,4)5)22-48(58)40(63-41(55)28-14-10-9-11-15-28)38-46(8,19-17-32-47(38,25-59-32)64-27(2)53)39-37(34(26)45(48,6)7)61-33(62-39)23-51-21-18-29(51)24-52/h9-16,20,29,31-33,35-40,52,54,58H,17-19,21-25H2,1-8H3,(H,50,57)/t29-,31-,32+,33+,35-,36+,37+,38-,39+,40-,46+,47-,48+/m0/s1. The zero-order chi connectivity index (χ0) is 46.9. The van der Waals surface area contributed by atoms with E-state index in [-0.39, 0.29) is 36.9 Å². The SMILES string of the molecule is CC(=O)O[C@@]12CO[C@@H]1CC[C@@]1(C)[C@@H]3O[C@H](CN4CC[C@H]4CO)O[C@@H]3C3=C(C)[C@@H](OC(=O)[C@H](O)[C@@H](NC(=O)OC(C)(C)C)c4ccccn4)C[C@@](O)([C@@H](OC(=O)c4ccccc4)[C@@H]12)C3(C)C. The number of pyridine rings is 1. The summed E-state index contributed by atoms with van der Waals surface area (Å²) < 4.78 is 45.0. The van der Waals surface area contributed by atoms with Crippen molar-refractivity contribution in [3.05, 3.63) is 77.1 Å². The van der Waals surface area contributed by atoms with E-state index < -0.39 is 107 Å². The van der Waals surface area contributed by atoms with Crippen LogP contribution in [0.5, 0.6) is 0 Å². The van der Waals surface area contributed by atoms with Crippen LogP contribution in [-0.4, -0.2) is 141 Å². The number of esters is 3. The molecule has 5 fully saturated rings. The Hall–Kier alpha value is -4.49. The van der Waals surface area contributed by atoms with Crippen LogP contribution in [0.25, 0.3) is 0 Å². The molecule has 2 bridgehead atoms. The number of nitrogens with one attached hydrogen (secondary N) is 1. The summed E-state index contributed by atoms with van der Waals surface area (Å²) in [6, 6.07) is 11.7. The first-order valence-electron chi connectivity index (χ1n) is 22.6. The molecule has 65 heavy (non-hydrogen) atoms. The number of carbonyl (C=O) groups excluding carboxylic acids is 4. The summed E-state index contributed by atoms with van der Waals surface area (Å²) in [5.74, 6) is -3.44. The normalized spacial score (nSPS) is 35.8. The highest BCUT2D eigenvalue weighted by molar-refractivity contribution is 5.89. The monoisotopic (exact) mass is 905 g/mol. The lowest BCUT2D eigenvalue weighted by Crippen LogP contribution is -2.79. The lowest BCUT2D eigenvalue weighted by atomic mass is 9.45. The van der Waals surface area contributed by atoms with Gasteiger partial charge in [-0.15, -0.1) is 0 Å². The summed E-state index contributed by atoms with van der Waals surface area (Å²) in [7, 11) is 0. The largest absolute Gasteiger partial charge is 0.456 e. The molecule has 0 spiro atoms. The molecule has 13 atom stereocenters. The van der Waals surface area contributed by atoms with Crippen LogP contribution < -0.4 is 5.32 Å². The molecule has 2 aromatic rings. The van der Waals surface area contributed by atoms with Crippen LogP contribution in [-0.2, 0) is 42.7 Å². The predicted octanol–water partition coefficient (Wildman–Crippen LogP) is 3.93. The van der Waals surface area contributed by atoms with Crippen molar-refractivity contribution in [1.82, 2.24) is 15.2 Å². The number of likely N-dealkylation sites (tertiary alicyclic amines) is 1. The lowest BCUT2D eigenvalue weighted by molar-refractivity contribution is -0.345. The number of nitrogens with zero attached hydrogens (tertiary/aromatic N) is 2. The highest BCUT2D eigenvalue weighted by Gasteiger charge is 2.77. The van der Waals surface area contributed by atoms with Crippen molar-refractivity contribution in [2.24, 2.45) is 16.7 Å². The van der Waals surface area contributed by atoms with Gasteiger partial charge >= 0.3 is 24.0 Å². The molecule has 8 rings (SSSR count). The van der Waals surface area contributed by atoms with Crippen LogP contribution in [0.1, 0.15) is 103 Å². The summed E-state index contributed by atoms with van der Waals surface area (Å²) in [6.45, 7) is 14.7. The van der Waals surface area contributed by atoms with Gasteiger partial charge in [0.1, 0.15) is 41.7 Å². The predicted molar refractivity (Wildman–Crippen MR) is 230 cm³/mol. The van der Waals surface area contributed by atoms with E-state index in [1.807, 2.05) is 20.8 Å². The van der Waals surface area contributed by atoms with Gasteiger partial charge in [-0.3, -0.25) is 14.7 Å². The summed E-state index contributed by atoms with van der Waals surface area (Å²) in [5.41, 5.74) is -5.28. The van der Waals surface area contributed by atoms with Crippen LogP contribution in [0.2, 0.25) is 0 Å². The Labute approximate surface area is 379 Å². The molecule has 0 unspecified atom stereocenters. The van der Waals surface area contributed by atoms with Crippen molar-refractivity contribution in [3.8, 4) is 0 Å². The third kappa shape index (κ3) is 8.24. The minimum Gasteiger partial charge on any atom is -0.456 e. The van der Waals surface area contributed by atoms with Crippen molar-refractivity contribution >= 4 is 24.0 Å². The van der Waals surface area contributed by atoms with E-state index in [1.165, 1.54) is 19.2 Å². The highest BCUT2D eigenvalue weighted by atomic mass is 16.7. The molecule has 6 aliphatic rings. The maximum Gasteiger partial charge on any atom is 0.408 e. The van der Waals surface area contributed by atoms with Crippen LogP contribution in [0.15, 0.2) is 65.9 Å². The number of aliphatic hydroxyl groups excluding tert-OH is 2. The van der Waals surface area contributed by atoms with E-state index in [2.05, 4.69) is 15.2 Å². The number of amides is 1. The lowest BCUT2D eigenvalue weighted by Gasteiger charge is -2.68. The topological polar surface area (TPSA) is 222 Å². The summed E-state index contributed by atoms with van der Waals surface area (Å²) >= 11 is 0. The van der Waals surface area contributed by atoms with E-state index in [0.29, 0.717) is 30.5 Å². The molecule has 2 saturated carbocycles. The molecule has 1 amide bonds. The number of fused-ring (bicyclic) bond motifs is 8. The zero-order valence-corrected chi connectivity index (χ0v) is 38.4. The van der Waals surface area contributed by atoms with Crippen LogP contribution in [0, 0.1) is 16.7 Å². The molecule has 17 nitrogen and oxygen atoms in total. The molecule has 4 N–H and O–H groups in total. The Morgan fingerprint density at radius 2 is 1.74 bits per heavy atom. The van der Waals surface area contributed by atoms with Gasteiger partial charge in [-0.1, -0.05) is 45.0 Å². The molecule has 3 saturated heterocycles. The molecule has 17 heteroatoms. The molecule has 4 heterocycles. The average Bonchev–Trinajstić information content (AvgIpc) is 3.65. The van der Waals surface area contributed by atoms with Crippen LogP contribution in [0.3, 0.4) is 0 Å². The first-order chi connectivity index (χ1) is 30.6. The van der Waals surface area contributed by atoms with Crippen molar-refractivity contribution < 1.29 is 67.7 Å². The molecular weight excluding hydrogens is 843 g/mol. The van der Waals surface area contributed by atoms with E-state index in [0.717, 1.165) is 13.0 Å². The van der Waals surface area contributed by atoms with Crippen LogP contribution >= 0.6 is 0 Å². The van der Waals surface area contributed by atoms with E-state index >= 15 is 0 Å². The summed E-state index contributed by atoms with van der Waals surface area (Å²) in [4.78, 5) is 61.7. The number of aromatic nitrogens is 1. The second-order valence-electron chi connectivity index (χ2n) is 20.3. The number of carbonyl (C=O) groups is 4. The Morgan fingerprint density at radius 3 is 2.34 bits per heavy atom. The van der Waals surface area contributed by atoms with Gasteiger partial charge in [-0.25, -0.2) is 14.4 Å². The zero-order valence-electron chi connectivity index (χ0n) is 38.4. The fourth-order valence-electron chi connectivity index (χ4n) is 11.6. The van der Waals surface area contributed by atoms with Crippen molar-refractivity contribution in [3.63, 3.8) is 0 Å². The fourth-order valence-corrected chi connectivity index (χ4v) is 11.6. The summed E-state index contributed by atoms with van der Waals surface area (Å²) in [5, 5.41) is 38.4. The van der Waals surface area contributed by atoms with Gasteiger partial charge in [0.05, 0.1) is 36.5 Å². The number of benzene rings is 1. The van der Waals surface area contributed by atoms with Gasteiger partial charge in [0, 0.05) is 49.5 Å². The molecule has 0 radical (unpaired) electrons. The minimum absolute atomic E-state index is 0.0299. The maximum absolute atomic E-state index is 14.5. The molecular formula is C48H63N3O14.